The molecule has 112 valence electrons. The van der Waals surface area contributed by atoms with Crippen LogP contribution in [-0.2, 0) is 0 Å². The summed E-state index contributed by atoms with van der Waals surface area (Å²) in [6, 6.07) is 11.8. The number of fused-ring (bicyclic) bond motifs is 1. The Balaban J connectivity index is 2.20. The molecule has 0 spiro atoms. The first-order chi connectivity index (χ1) is 10.6. The van der Waals surface area contributed by atoms with Gasteiger partial charge < -0.3 is 4.90 Å². The highest BCUT2D eigenvalue weighted by Gasteiger charge is 2.30. The summed E-state index contributed by atoms with van der Waals surface area (Å²) in [5, 5.41) is 22.3. The van der Waals surface area contributed by atoms with E-state index in [2.05, 4.69) is 0 Å². The molecular formula is C14H11N3O4S. The number of anilines is 2. The van der Waals surface area contributed by atoms with Crippen LogP contribution in [0, 0.1) is 20.2 Å². The van der Waals surface area contributed by atoms with Crippen molar-refractivity contribution in [2.24, 2.45) is 0 Å². The summed E-state index contributed by atoms with van der Waals surface area (Å²) in [6.07, 6.45) is 0. The lowest BCUT2D eigenvalue weighted by Gasteiger charge is -2.30. The smallest absolute Gasteiger partial charge is 0.291 e. The van der Waals surface area contributed by atoms with Gasteiger partial charge in [0, 0.05) is 24.1 Å². The van der Waals surface area contributed by atoms with Crippen molar-refractivity contribution in [2.75, 3.05) is 17.2 Å². The Labute approximate surface area is 129 Å². The van der Waals surface area contributed by atoms with Crippen molar-refractivity contribution < 1.29 is 9.85 Å². The summed E-state index contributed by atoms with van der Waals surface area (Å²) in [5.74, 6) is 0.681. The van der Waals surface area contributed by atoms with Crippen molar-refractivity contribution in [1.82, 2.24) is 0 Å². The first-order valence-electron chi connectivity index (χ1n) is 6.50. The number of thioether (sulfide) groups is 1. The van der Waals surface area contributed by atoms with E-state index in [9.17, 15) is 20.2 Å². The summed E-state index contributed by atoms with van der Waals surface area (Å²) in [7, 11) is 0. The van der Waals surface area contributed by atoms with Crippen LogP contribution < -0.4 is 4.90 Å². The zero-order valence-corrected chi connectivity index (χ0v) is 12.2. The van der Waals surface area contributed by atoms with Crippen molar-refractivity contribution in [2.45, 2.75) is 4.90 Å². The third-order valence-electron chi connectivity index (χ3n) is 3.36. The molecule has 0 unspecified atom stereocenters. The summed E-state index contributed by atoms with van der Waals surface area (Å²) in [6.45, 7) is 0.639. The molecule has 0 aliphatic carbocycles. The van der Waals surface area contributed by atoms with Crippen LogP contribution in [0.3, 0.4) is 0 Å². The highest BCUT2D eigenvalue weighted by molar-refractivity contribution is 7.99. The number of nitrogens with zero attached hydrogens (tertiary/aromatic N) is 3. The van der Waals surface area contributed by atoms with E-state index < -0.39 is 9.85 Å². The number of nitro groups is 2. The van der Waals surface area contributed by atoms with E-state index in [1.165, 1.54) is 17.8 Å². The molecule has 0 amide bonds. The molecule has 0 radical (unpaired) electrons. The maximum atomic E-state index is 11.2. The van der Waals surface area contributed by atoms with E-state index in [0.717, 1.165) is 11.8 Å². The Morgan fingerprint density at radius 2 is 1.77 bits per heavy atom. The van der Waals surface area contributed by atoms with E-state index in [-0.39, 0.29) is 11.4 Å². The van der Waals surface area contributed by atoms with Gasteiger partial charge in [0.2, 0.25) is 0 Å². The van der Waals surface area contributed by atoms with E-state index in [0.29, 0.717) is 22.9 Å². The Morgan fingerprint density at radius 3 is 2.41 bits per heavy atom. The lowest BCUT2D eigenvalue weighted by atomic mass is 10.2. The molecule has 0 aromatic heterocycles. The normalized spacial score (nSPS) is 13.5. The van der Waals surface area contributed by atoms with Crippen LogP contribution in [0.4, 0.5) is 22.7 Å². The van der Waals surface area contributed by atoms with E-state index in [1.54, 1.807) is 0 Å². The van der Waals surface area contributed by atoms with Gasteiger partial charge in [-0.25, -0.2) is 0 Å². The van der Waals surface area contributed by atoms with Gasteiger partial charge in [-0.1, -0.05) is 18.2 Å². The van der Waals surface area contributed by atoms with Gasteiger partial charge in [0.1, 0.15) is 4.90 Å². The number of nitro benzene ring substituents is 2. The number of hydrogen-bond donors (Lipinski definition) is 0. The van der Waals surface area contributed by atoms with Gasteiger partial charge in [-0.05, 0) is 12.1 Å². The average Bonchev–Trinajstić information content (AvgIpc) is 2.53. The Morgan fingerprint density at radius 1 is 1.05 bits per heavy atom. The zero-order valence-electron chi connectivity index (χ0n) is 11.3. The first-order valence-corrected chi connectivity index (χ1v) is 7.48. The molecule has 22 heavy (non-hydrogen) atoms. The predicted octanol–water partition coefficient (Wildman–Crippen LogP) is 3.75. The van der Waals surface area contributed by atoms with E-state index in [1.807, 2.05) is 35.2 Å². The molecule has 1 aliphatic heterocycles. The molecule has 0 bridgehead atoms. The second-order valence-corrected chi connectivity index (χ2v) is 5.77. The lowest BCUT2D eigenvalue weighted by molar-refractivity contribution is -0.395. The van der Waals surface area contributed by atoms with Crippen LogP contribution in [0.1, 0.15) is 0 Å². The molecule has 1 heterocycles. The van der Waals surface area contributed by atoms with Crippen LogP contribution >= 0.6 is 11.8 Å². The number of para-hydroxylation sites is 1. The Bertz CT molecular complexity index is 751. The number of non-ortho nitro benzene ring substituents is 1. The molecule has 0 atom stereocenters. The quantitative estimate of drug-likeness (QED) is 0.632. The molecule has 2 aromatic rings. The van der Waals surface area contributed by atoms with Gasteiger partial charge in [-0.2, -0.15) is 0 Å². The fraction of sp³-hybridized carbons (Fsp3) is 0.143. The number of hydrogen-bond acceptors (Lipinski definition) is 6. The Kier molecular flexibility index (Phi) is 3.68. The molecule has 8 heteroatoms. The van der Waals surface area contributed by atoms with Crippen molar-refractivity contribution in [3.8, 4) is 0 Å². The summed E-state index contributed by atoms with van der Waals surface area (Å²) < 4.78 is 0. The van der Waals surface area contributed by atoms with Crippen LogP contribution in [-0.4, -0.2) is 22.1 Å². The average molecular weight is 317 g/mol. The zero-order chi connectivity index (χ0) is 15.7. The second-order valence-electron chi connectivity index (χ2n) is 4.66. The molecule has 0 saturated heterocycles. The van der Waals surface area contributed by atoms with Gasteiger partial charge in [-0.15, -0.1) is 11.8 Å². The van der Waals surface area contributed by atoms with Crippen LogP contribution in [0.5, 0.6) is 0 Å². The maximum absolute atomic E-state index is 11.2. The summed E-state index contributed by atoms with van der Waals surface area (Å²) in [5.41, 5.74) is 0.894. The van der Waals surface area contributed by atoms with Crippen molar-refractivity contribution in [3.63, 3.8) is 0 Å². The van der Waals surface area contributed by atoms with Crippen LogP contribution in [0.2, 0.25) is 0 Å². The van der Waals surface area contributed by atoms with Crippen LogP contribution in [0.25, 0.3) is 0 Å². The highest BCUT2D eigenvalue weighted by Crippen LogP contribution is 2.46. The van der Waals surface area contributed by atoms with Crippen molar-refractivity contribution >= 4 is 34.5 Å². The van der Waals surface area contributed by atoms with Crippen LogP contribution in [0.15, 0.2) is 47.4 Å². The monoisotopic (exact) mass is 317 g/mol. The third-order valence-corrected chi connectivity index (χ3v) is 4.46. The molecule has 1 aliphatic rings. The molecule has 3 rings (SSSR count). The summed E-state index contributed by atoms with van der Waals surface area (Å²) in [4.78, 5) is 23.5. The largest absolute Gasteiger partial charge is 0.339 e. The second kappa shape index (κ2) is 5.64. The topological polar surface area (TPSA) is 89.5 Å². The lowest BCUT2D eigenvalue weighted by Crippen LogP contribution is -2.24. The minimum absolute atomic E-state index is 0.213. The molecule has 7 nitrogen and oxygen atoms in total. The third kappa shape index (κ3) is 2.48. The highest BCUT2D eigenvalue weighted by atomic mass is 32.2. The van der Waals surface area contributed by atoms with Gasteiger partial charge in [0.05, 0.1) is 21.6 Å². The van der Waals surface area contributed by atoms with E-state index >= 15 is 0 Å². The first kappa shape index (κ1) is 14.3. The Hall–Kier alpha value is -2.61. The molecule has 0 fully saturated rings. The molecule has 0 saturated carbocycles. The number of benzene rings is 2. The standard InChI is InChI=1S/C14H11N3O4S/c18-16(19)11-8-12-14(13(9-11)17(20)21)22-7-6-15(12)10-4-2-1-3-5-10/h1-5,8-9H,6-7H2. The van der Waals surface area contributed by atoms with Crippen molar-refractivity contribution in [3.05, 3.63) is 62.7 Å². The molecular weight excluding hydrogens is 306 g/mol. The number of rotatable bonds is 3. The minimum Gasteiger partial charge on any atom is -0.339 e. The van der Waals surface area contributed by atoms with Gasteiger partial charge in [0.25, 0.3) is 11.4 Å². The fourth-order valence-corrected chi connectivity index (χ4v) is 3.49. The SMILES string of the molecule is O=[N+]([O-])c1cc2c(c([N+](=O)[O-])c1)SCCN2c1ccccc1. The van der Waals surface area contributed by atoms with Crippen molar-refractivity contribution in [1.29, 1.82) is 0 Å². The predicted molar refractivity (Wildman–Crippen MR) is 83.9 cm³/mol. The summed E-state index contributed by atoms with van der Waals surface area (Å²) >= 11 is 1.36. The minimum atomic E-state index is -0.601. The fourth-order valence-electron chi connectivity index (χ4n) is 2.41. The van der Waals surface area contributed by atoms with Gasteiger partial charge >= 0.3 is 0 Å². The molecule has 0 N–H and O–H groups in total. The van der Waals surface area contributed by atoms with E-state index in [4.69, 9.17) is 0 Å². The maximum Gasteiger partial charge on any atom is 0.291 e. The van der Waals surface area contributed by atoms with Gasteiger partial charge in [0.15, 0.2) is 0 Å². The van der Waals surface area contributed by atoms with Gasteiger partial charge in [-0.3, -0.25) is 20.2 Å². The molecule has 2 aromatic carbocycles.